The van der Waals surface area contributed by atoms with Crippen molar-refractivity contribution in [1.82, 2.24) is 9.62 Å². The minimum absolute atomic E-state index is 0.137. The highest BCUT2D eigenvalue weighted by Gasteiger charge is 2.26. The van der Waals surface area contributed by atoms with E-state index in [1.54, 1.807) is 24.3 Å². The van der Waals surface area contributed by atoms with Gasteiger partial charge in [0.05, 0.1) is 16.8 Å². The maximum absolute atomic E-state index is 12.4. The van der Waals surface area contributed by atoms with Gasteiger partial charge in [0.15, 0.2) is 0 Å². The predicted octanol–water partition coefficient (Wildman–Crippen LogP) is 2.90. The molecule has 166 valence electrons. The van der Waals surface area contributed by atoms with Crippen LogP contribution in [-0.4, -0.2) is 55.1 Å². The first-order chi connectivity index (χ1) is 14.6. The van der Waals surface area contributed by atoms with Gasteiger partial charge in [-0.1, -0.05) is 48.0 Å². The van der Waals surface area contributed by atoms with E-state index in [0.29, 0.717) is 13.1 Å². The molecule has 0 spiro atoms. The van der Waals surface area contributed by atoms with E-state index in [4.69, 9.17) is 11.6 Å². The van der Waals surface area contributed by atoms with Crippen molar-refractivity contribution < 1.29 is 23.1 Å². The Hall–Kier alpha value is -2.42. The number of sulfonamides is 1. The molecule has 1 saturated heterocycles. The Morgan fingerprint density at radius 2 is 1.74 bits per heavy atom. The molecule has 0 radical (unpaired) electrons. The van der Waals surface area contributed by atoms with Gasteiger partial charge in [0.2, 0.25) is 10.0 Å². The SMILES string of the molecule is CS(=O)(=O)N1CCC(c2ccc(C[C@H](NC(=O)c3ccccc3Cl)C(=O)O)cc2)CC1. The van der Waals surface area contributed by atoms with Crippen molar-refractivity contribution in [2.24, 2.45) is 0 Å². The Morgan fingerprint density at radius 3 is 2.29 bits per heavy atom. The van der Waals surface area contributed by atoms with Gasteiger partial charge in [-0.25, -0.2) is 17.5 Å². The number of aliphatic carboxylic acids is 1. The number of carboxylic acid groups (broad SMARTS) is 1. The fourth-order valence-electron chi connectivity index (χ4n) is 3.76. The molecule has 1 amide bonds. The number of carbonyl (C=O) groups excluding carboxylic acids is 1. The van der Waals surface area contributed by atoms with Gasteiger partial charge in [-0.15, -0.1) is 0 Å². The van der Waals surface area contributed by atoms with Gasteiger partial charge in [-0.2, -0.15) is 0 Å². The van der Waals surface area contributed by atoms with Crippen molar-refractivity contribution in [2.75, 3.05) is 19.3 Å². The topological polar surface area (TPSA) is 104 Å². The maximum Gasteiger partial charge on any atom is 0.326 e. The van der Waals surface area contributed by atoms with Crippen LogP contribution < -0.4 is 5.32 Å². The summed E-state index contributed by atoms with van der Waals surface area (Å²) in [6.45, 7) is 1.00. The van der Waals surface area contributed by atoms with Crippen molar-refractivity contribution in [3.8, 4) is 0 Å². The summed E-state index contributed by atoms with van der Waals surface area (Å²) in [6.07, 6.45) is 2.86. The molecule has 2 aromatic rings. The Bertz CT molecular complexity index is 1050. The smallest absolute Gasteiger partial charge is 0.326 e. The molecule has 0 saturated carbocycles. The van der Waals surface area contributed by atoms with E-state index in [2.05, 4.69) is 5.32 Å². The highest BCUT2D eigenvalue weighted by Crippen LogP contribution is 2.29. The van der Waals surface area contributed by atoms with Crippen molar-refractivity contribution >= 4 is 33.5 Å². The van der Waals surface area contributed by atoms with Crippen LogP contribution in [0.1, 0.15) is 40.2 Å². The zero-order chi connectivity index (χ0) is 22.6. The average Bonchev–Trinajstić information content (AvgIpc) is 2.73. The molecule has 1 aliphatic rings. The van der Waals surface area contributed by atoms with Gasteiger partial charge >= 0.3 is 5.97 Å². The molecule has 0 aliphatic carbocycles. The predicted molar refractivity (Wildman–Crippen MR) is 119 cm³/mol. The Kier molecular flexibility index (Phi) is 7.35. The molecule has 7 nitrogen and oxygen atoms in total. The van der Waals surface area contributed by atoms with Crippen LogP contribution in [0.3, 0.4) is 0 Å². The molecular weight excluding hydrogens is 440 g/mol. The summed E-state index contributed by atoms with van der Waals surface area (Å²) < 4.78 is 24.8. The number of rotatable bonds is 7. The monoisotopic (exact) mass is 464 g/mol. The van der Waals surface area contributed by atoms with E-state index in [9.17, 15) is 23.1 Å². The molecule has 0 aromatic heterocycles. The van der Waals surface area contributed by atoms with Gasteiger partial charge in [0.25, 0.3) is 5.91 Å². The van der Waals surface area contributed by atoms with E-state index < -0.39 is 27.9 Å². The van der Waals surface area contributed by atoms with Crippen LogP contribution in [0.25, 0.3) is 0 Å². The molecule has 9 heteroatoms. The molecule has 0 bridgehead atoms. The van der Waals surface area contributed by atoms with Crippen LogP contribution in [-0.2, 0) is 21.2 Å². The van der Waals surface area contributed by atoms with Crippen molar-refractivity contribution in [3.05, 3.63) is 70.2 Å². The van der Waals surface area contributed by atoms with Crippen LogP contribution in [0.5, 0.6) is 0 Å². The molecule has 1 atom stereocenters. The number of amides is 1. The number of nitrogens with zero attached hydrogens (tertiary/aromatic N) is 1. The number of hydrogen-bond acceptors (Lipinski definition) is 4. The minimum Gasteiger partial charge on any atom is -0.480 e. The van der Waals surface area contributed by atoms with Crippen LogP contribution in [0.15, 0.2) is 48.5 Å². The van der Waals surface area contributed by atoms with Crippen LogP contribution >= 0.6 is 11.6 Å². The average molecular weight is 465 g/mol. The molecule has 2 N–H and O–H groups in total. The lowest BCUT2D eigenvalue weighted by atomic mass is 9.89. The zero-order valence-electron chi connectivity index (χ0n) is 17.1. The van der Waals surface area contributed by atoms with E-state index in [1.807, 2.05) is 24.3 Å². The highest BCUT2D eigenvalue weighted by molar-refractivity contribution is 7.88. The lowest BCUT2D eigenvalue weighted by Crippen LogP contribution is -2.42. The van der Waals surface area contributed by atoms with E-state index in [-0.39, 0.29) is 22.9 Å². The Labute approximate surface area is 187 Å². The number of carboxylic acids is 1. The largest absolute Gasteiger partial charge is 0.480 e. The number of hydrogen-bond donors (Lipinski definition) is 2. The molecule has 3 rings (SSSR count). The number of halogens is 1. The summed E-state index contributed by atoms with van der Waals surface area (Å²) in [5.41, 5.74) is 2.11. The fraction of sp³-hybridized carbons (Fsp3) is 0.364. The molecular formula is C22H25ClN2O5S. The van der Waals surface area contributed by atoms with Crippen LogP contribution in [0.2, 0.25) is 5.02 Å². The number of nitrogens with one attached hydrogen (secondary N) is 1. The first kappa shape index (κ1) is 23.2. The second-order valence-electron chi connectivity index (χ2n) is 7.73. The van der Waals surface area contributed by atoms with Crippen LogP contribution in [0, 0.1) is 0 Å². The van der Waals surface area contributed by atoms with Gasteiger partial charge in [-0.3, -0.25) is 4.79 Å². The third kappa shape index (κ3) is 6.06. The van der Waals surface area contributed by atoms with Gasteiger partial charge < -0.3 is 10.4 Å². The molecule has 1 aliphatic heterocycles. The first-order valence-corrected chi connectivity index (χ1v) is 12.2. The summed E-state index contributed by atoms with van der Waals surface area (Å²) in [5.74, 6) is -1.40. The molecule has 1 fully saturated rings. The van der Waals surface area contributed by atoms with Crippen molar-refractivity contribution in [2.45, 2.75) is 31.2 Å². The Balaban J connectivity index is 1.63. The second kappa shape index (κ2) is 9.80. The fourth-order valence-corrected chi connectivity index (χ4v) is 4.86. The van der Waals surface area contributed by atoms with Crippen molar-refractivity contribution in [3.63, 3.8) is 0 Å². The normalized spacial score (nSPS) is 16.6. The van der Waals surface area contributed by atoms with Gasteiger partial charge in [0.1, 0.15) is 6.04 Å². The lowest BCUT2D eigenvalue weighted by molar-refractivity contribution is -0.139. The van der Waals surface area contributed by atoms with Gasteiger partial charge in [0, 0.05) is 19.5 Å². The third-order valence-corrected chi connectivity index (χ3v) is 7.17. The second-order valence-corrected chi connectivity index (χ2v) is 10.1. The Morgan fingerprint density at radius 1 is 1.13 bits per heavy atom. The van der Waals surface area contributed by atoms with E-state index >= 15 is 0 Å². The lowest BCUT2D eigenvalue weighted by Gasteiger charge is -2.30. The summed E-state index contributed by atoms with van der Waals surface area (Å²) in [7, 11) is -3.16. The summed E-state index contributed by atoms with van der Waals surface area (Å²) in [6, 6.07) is 13.0. The minimum atomic E-state index is -3.16. The maximum atomic E-state index is 12.4. The third-order valence-electron chi connectivity index (χ3n) is 5.54. The summed E-state index contributed by atoms with van der Waals surface area (Å²) >= 11 is 6.02. The van der Waals surface area contributed by atoms with Crippen LogP contribution in [0.4, 0.5) is 0 Å². The number of piperidine rings is 1. The van der Waals surface area contributed by atoms with E-state index in [1.165, 1.54) is 10.6 Å². The first-order valence-electron chi connectivity index (χ1n) is 9.97. The highest BCUT2D eigenvalue weighted by atomic mass is 35.5. The van der Waals surface area contributed by atoms with Gasteiger partial charge in [-0.05, 0) is 42.0 Å². The van der Waals surface area contributed by atoms with Crippen molar-refractivity contribution in [1.29, 1.82) is 0 Å². The number of benzene rings is 2. The summed E-state index contributed by atoms with van der Waals surface area (Å²) in [5, 5.41) is 12.3. The molecule has 1 heterocycles. The molecule has 2 aromatic carbocycles. The molecule has 31 heavy (non-hydrogen) atoms. The molecule has 0 unspecified atom stereocenters. The summed E-state index contributed by atoms with van der Waals surface area (Å²) in [4.78, 5) is 24.1. The number of carbonyl (C=O) groups is 2. The quantitative estimate of drug-likeness (QED) is 0.655. The standard InChI is InChI=1S/C22H25ClN2O5S/c1-31(29,30)25-12-10-17(11-13-25)16-8-6-15(7-9-16)14-20(22(27)28)24-21(26)18-4-2-3-5-19(18)23/h2-9,17,20H,10-14H2,1H3,(H,24,26)(H,27,28)/t20-/m0/s1. The van der Waals surface area contributed by atoms with E-state index in [0.717, 1.165) is 24.0 Å². The zero-order valence-corrected chi connectivity index (χ0v) is 18.7.